The van der Waals surface area contributed by atoms with Gasteiger partial charge in [0.05, 0.1) is 22.2 Å². The Morgan fingerprint density at radius 1 is 1.05 bits per heavy atom. The van der Waals surface area contributed by atoms with Crippen molar-refractivity contribution in [3.05, 3.63) is 82.8 Å². The minimum absolute atomic E-state index is 0.0115. The normalized spacial score (nSPS) is 18.3. The quantitative estimate of drug-likeness (QED) is 0.502. The Kier molecular flexibility index (Phi) is 6.74. The van der Waals surface area contributed by atoms with Gasteiger partial charge in [0.15, 0.2) is 0 Å². The van der Waals surface area contributed by atoms with Crippen molar-refractivity contribution in [3.8, 4) is 0 Å². The molecule has 2 aromatic carbocycles. The molecule has 2 aliphatic rings. The Balaban J connectivity index is 1.38. The lowest BCUT2D eigenvalue weighted by Gasteiger charge is -2.28. The fourth-order valence-corrected chi connectivity index (χ4v) is 6.27. The van der Waals surface area contributed by atoms with E-state index >= 15 is 4.39 Å². The van der Waals surface area contributed by atoms with E-state index in [1.807, 2.05) is 12.1 Å². The van der Waals surface area contributed by atoms with Gasteiger partial charge < -0.3 is 10.2 Å². The third-order valence-electron chi connectivity index (χ3n) is 6.32. The molecular weight excluding hydrogens is 521 g/mol. The molecule has 1 fully saturated rings. The average molecular weight is 544 g/mol. The number of amides is 3. The summed E-state index contributed by atoms with van der Waals surface area (Å²) in [6, 6.07) is 12.5. The van der Waals surface area contributed by atoms with Crippen LogP contribution < -0.4 is 14.9 Å². The number of hydrogen-bond acceptors (Lipinski definition) is 5. The first-order valence-electron chi connectivity index (χ1n) is 11.6. The molecule has 9 nitrogen and oxygen atoms in total. The minimum Gasteiger partial charge on any atom is -0.321 e. The maximum absolute atomic E-state index is 15.0. The number of urea groups is 1. The molecular formula is C25H23ClFN5O4S. The van der Waals surface area contributed by atoms with Gasteiger partial charge in [0.1, 0.15) is 17.7 Å². The number of pyridine rings is 1. The van der Waals surface area contributed by atoms with Gasteiger partial charge in [-0.2, -0.15) is 0 Å². The first-order chi connectivity index (χ1) is 17.7. The third kappa shape index (κ3) is 5.09. The molecule has 3 heterocycles. The number of sulfonamides is 1. The van der Waals surface area contributed by atoms with Gasteiger partial charge in [-0.1, -0.05) is 35.9 Å². The minimum atomic E-state index is -3.51. The molecule has 1 unspecified atom stereocenters. The zero-order chi connectivity index (χ0) is 26.2. The number of carbonyl (C=O) groups is 2. The average Bonchev–Trinajstić information content (AvgIpc) is 3.26. The Morgan fingerprint density at radius 3 is 2.59 bits per heavy atom. The number of benzene rings is 2. The van der Waals surface area contributed by atoms with Gasteiger partial charge in [0.25, 0.3) is 5.91 Å². The molecule has 192 valence electrons. The van der Waals surface area contributed by atoms with E-state index in [2.05, 4.69) is 15.6 Å². The van der Waals surface area contributed by atoms with E-state index < -0.39 is 33.8 Å². The summed E-state index contributed by atoms with van der Waals surface area (Å²) in [6.07, 6.45) is 2.64. The second-order valence-corrected chi connectivity index (χ2v) is 11.2. The van der Waals surface area contributed by atoms with Crippen LogP contribution in [0.4, 0.5) is 26.4 Å². The van der Waals surface area contributed by atoms with Crippen LogP contribution in [0.5, 0.6) is 0 Å². The van der Waals surface area contributed by atoms with Crippen molar-refractivity contribution >= 4 is 50.8 Å². The Hall–Kier alpha value is -3.70. The van der Waals surface area contributed by atoms with Crippen LogP contribution in [0.3, 0.4) is 0 Å². The fourth-order valence-electron chi connectivity index (χ4n) is 4.53. The number of fused-ring (bicyclic) bond motifs is 1. The molecule has 2 N–H and O–H groups in total. The number of aromatic nitrogens is 1. The predicted octanol–water partition coefficient (Wildman–Crippen LogP) is 4.53. The smallest absolute Gasteiger partial charge is 0.321 e. The maximum atomic E-state index is 15.0. The van der Waals surface area contributed by atoms with Crippen molar-refractivity contribution in [1.82, 2.24) is 9.88 Å². The number of halogens is 2. The summed E-state index contributed by atoms with van der Waals surface area (Å²) in [5.74, 6) is -1.11. The molecule has 12 heteroatoms. The number of anilines is 3. The van der Waals surface area contributed by atoms with Crippen LogP contribution in [0, 0.1) is 5.82 Å². The van der Waals surface area contributed by atoms with Crippen molar-refractivity contribution in [1.29, 1.82) is 0 Å². The third-order valence-corrected chi connectivity index (χ3v) is 8.41. The van der Waals surface area contributed by atoms with E-state index in [1.54, 1.807) is 18.2 Å². The summed E-state index contributed by atoms with van der Waals surface area (Å²) < 4.78 is 41.0. The highest BCUT2D eigenvalue weighted by Crippen LogP contribution is 2.36. The molecule has 37 heavy (non-hydrogen) atoms. The van der Waals surface area contributed by atoms with E-state index in [4.69, 9.17) is 11.6 Å². The van der Waals surface area contributed by atoms with E-state index in [1.165, 1.54) is 33.6 Å². The molecule has 0 bridgehead atoms. The molecule has 3 amide bonds. The van der Waals surface area contributed by atoms with Crippen molar-refractivity contribution in [2.75, 3.05) is 27.2 Å². The van der Waals surface area contributed by atoms with Crippen LogP contribution in [-0.2, 0) is 21.4 Å². The highest BCUT2D eigenvalue weighted by atomic mass is 35.5. The molecule has 3 aromatic rings. The van der Waals surface area contributed by atoms with Gasteiger partial charge >= 0.3 is 6.03 Å². The summed E-state index contributed by atoms with van der Waals surface area (Å²) in [6.45, 7) is 0.445. The van der Waals surface area contributed by atoms with E-state index in [9.17, 15) is 18.0 Å². The SMILES string of the molecule is O=C(Nc1ccc(N2CCCCS2(=O)=O)cc1F)C1c2ccccc2CN1C(=O)Nc1ccc(Cl)cn1. The van der Waals surface area contributed by atoms with Crippen LogP contribution in [0.1, 0.15) is 30.0 Å². The number of nitrogens with one attached hydrogen (secondary N) is 2. The van der Waals surface area contributed by atoms with Gasteiger partial charge in [-0.25, -0.2) is 22.6 Å². The molecule has 1 atom stereocenters. The summed E-state index contributed by atoms with van der Waals surface area (Å²) in [5, 5.41) is 5.63. The van der Waals surface area contributed by atoms with Gasteiger partial charge in [-0.05, 0) is 48.2 Å². The zero-order valence-corrected chi connectivity index (χ0v) is 21.1. The van der Waals surface area contributed by atoms with E-state index in [0.29, 0.717) is 23.4 Å². The van der Waals surface area contributed by atoms with Crippen LogP contribution in [0.15, 0.2) is 60.8 Å². The standard InChI is InChI=1S/C25H23ClFN5O4S/c26-17-7-10-22(28-14-17)30-25(34)31-15-16-5-1-2-6-19(16)23(31)24(33)29-21-9-8-18(13-20(21)27)32-11-3-4-12-37(32,35)36/h1-2,5-10,13-14,23H,3-4,11-12,15H2,(H,29,33)(H,28,30,34). The predicted molar refractivity (Wildman–Crippen MR) is 138 cm³/mol. The van der Waals surface area contributed by atoms with E-state index in [0.717, 1.165) is 11.6 Å². The lowest BCUT2D eigenvalue weighted by atomic mass is 10.0. The van der Waals surface area contributed by atoms with Crippen molar-refractivity contribution < 1.29 is 22.4 Å². The highest BCUT2D eigenvalue weighted by molar-refractivity contribution is 7.92. The Morgan fingerprint density at radius 2 is 1.86 bits per heavy atom. The Labute approximate surface area is 218 Å². The summed E-state index contributed by atoms with van der Waals surface area (Å²) in [4.78, 5) is 31.9. The van der Waals surface area contributed by atoms with Crippen LogP contribution in [-0.4, -0.2) is 42.5 Å². The number of rotatable bonds is 4. The topological polar surface area (TPSA) is 112 Å². The number of carbonyl (C=O) groups excluding carboxylic acids is 2. The molecule has 0 spiro atoms. The van der Waals surface area contributed by atoms with Crippen LogP contribution in [0.25, 0.3) is 0 Å². The summed E-state index contributed by atoms with van der Waals surface area (Å²) in [7, 11) is -3.51. The molecule has 1 aromatic heterocycles. The lowest BCUT2D eigenvalue weighted by molar-refractivity contribution is -0.120. The van der Waals surface area contributed by atoms with Gasteiger partial charge in [0, 0.05) is 25.4 Å². The largest absolute Gasteiger partial charge is 0.324 e. The maximum Gasteiger partial charge on any atom is 0.324 e. The first-order valence-corrected chi connectivity index (χ1v) is 13.6. The molecule has 0 radical (unpaired) electrons. The molecule has 2 aliphatic heterocycles. The van der Waals surface area contributed by atoms with Crippen LogP contribution >= 0.6 is 11.6 Å². The van der Waals surface area contributed by atoms with Crippen molar-refractivity contribution in [2.45, 2.75) is 25.4 Å². The molecule has 1 saturated heterocycles. The van der Waals surface area contributed by atoms with Crippen molar-refractivity contribution in [3.63, 3.8) is 0 Å². The molecule has 0 saturated carbocycles. The van der Waals surface area contributed by atoms with Crippen LogP contribution in [0.2, 0.25) is 5.02 Å². The first kappa shape index (κ1) is 25.0. The summed E-state index contributed by atoms with van der Waals surface area (Å²) in [5.41, 5.74) is 1.49. The van der Waals surface area contributed by atoms with Crippen molar-refractivity contribution in [2.24, 2.45) is 0 Å². The number of nitrogens with zero attached hydrogens (tertiary/aromatic N) is 3. The van der Waals surface area contributed by atoms with E-state index in [-0.39, 0.29) is 36.0 Å². The second-order valence-electron chi connectivity index (χ2n) is 8.77. The lowest BCUT2D eigenvalue weighted by Crippen LogP contribution is -2.39. The molecule has 0 aliphatic carbocycles. The van der Waals surface area contributed by atoms with Gasteiger partial charge in [0.2, 0.25) is 10.0 Å². The second kappa shape index (κ2) is 9.98. The summed E-state index contributed by atoms with van der Waals surface area (Å²) >= 11 is 5.86. The number of hydrogen-bond donors (Lipinski definition) is 2. The van der Waals surface area contributed by atoms with Gasteiger partial charge in [-0.15, -0.1) is 0 Å². The fraction of sp³-hybridized carbons (Fsp3) is 0.240. The Bertz CT molecular complexity index is 1470. The molecule has 5 rings (SSSR count). The zero-order valence-electron chi connectivity index (χ0n) is 19.5. The monoisotopic (exact) mass is 543 g/mol. The highest BCUT2D eigenvalue weighted by Gasteiger charge is 2.39. The van der Waals surface area contributed by atoms with Gasteiger partial charge in [-0.3, -0.25) is 14.4 Å².